The Labute approximate surface area is 125 Å². The molecule has 1 unspecified atom stereocenters. The molecule has 104 valence electrons. The minimum absolute atomic E-state index is 0.154. The van der Waals surface area contributed by atoms with Crippen LogP contribution in [-0.2, 0) is 6.42 Å². The van der Waals surface area contributed by atoms with Gasteiger partial charge in [0, 0.05) is 11.1 Å². The van der Waals surface area contributed by atoms with Crippen molar-refractivity contribution in [3.05, 3.63) is 33.4 Å². The summed E-state index contributed by atoms with van der Waals surface area (Å²) in [4.78, 5) is 14.5. The zero-order valence-corrected chi connectivity index (χ0v) is 13.3. The molecule has 0 radical (unpaired) electrons. The zero-order valence-electron chi connectivity index (χ0n) is 11.7. The van der Waals surface area contributed by atoms with Crippen molar-refractivity contribution in [1.29, 1.82) is 0 Å². The lowest BCUT2D eigenvalue weighted by Gasteiger charge is -2.12. The lowest BCUT2D eigenvalue weighted by atomic mass is 10.3. The van der Waals surface area contributed by atoms with Gasteiger partial charge in [-0.3, -0.25) is 0 Å². The quantitative estimate of drug-likeness (QED) is 0.785. The van der Waals surface area contributed by atoms with E-state index in [1.165, 1.54) is 10.4 Å². The molecule has 3 aromatic rings. The van der Waals surface area contributed by atoms with Crippen LogP contribution >= 0.6 is 22.7 Å². The zero-order chi connectivity index (χ0) is 14.1. The molecule has 4 nitrogen and oxygen atoms in total. The molecule has 0 bridgehead atoms. The highest BCUT2D eigenvalue weighted by atomic mass is 32.1. The summed E-state index contributed by atoms with van der Waals surface area (Å²) in [5.41, 5.74) is 2.23. The molecule has 3 aromatic heterocycles. The number of fused-ring (bicyclic) bond motifs is 1. The Morgan fingerprint density at radius 2 is 2.15 bits per heavy atom. The number of rotatable bonds is 4. The molecule has 0 saturated heterocycles. The number of nitrogens with zero attached hydrogens (tertiary/aromatic N) is 3. The van der Waals surface area contributed by atoms with Gasteiger partial charge in [-0.2, -0.15) is 0 Å². The molecule has 0 spiro atoms. The maximum Gasteiger partial charge on any atom is 0.147 e. The van der Waals surface area contributed by atoms with E-state index in [1.807, 2.05) is 6.20 Å². The van der Waals surface area contributed by atoms with Crippen LogP contribution in [0.4, 0.5) is 5.82 Å². The molecular weight excluding hydrogens is 288 g/mol. The standard InChI is InChI=1S/C14H16N4S2/c1-4-10-5-15-14(20-10)9(3)18-13-12-11(16-7-17-13)8(2)6-19-12/h5-7,9H,4H2,1-3H3,(H,16,17,18). The highest BCUT2D eigenvalue weighted by molar-refractivity contribution is 7.18. The van der Waals surface area contributed by atoms with Crippen molar-refractivity contribution in [2.24, 2.45) is 0 Å². The van der Waals surface area contributed by atoms with Crippen molar-refractivity contribution in [2.45, 2.75) is 33.2 Å². The molecule has 3 heterocycles. The average molecular weight is 304 g/mol. The van der Waals surface area contributed by atoms with Crippen LogP contribution in [0, 0.1) is 6.92 Å². The first-order valence-electron chi connectivity index (χ1n) is 6.59. The molecule has 0 fully saturated rings. The van der Waals surface area contributed by atoms with E-state index in [9.17, 15) is 0 Å². The second-order valence-electron chi connectivity index (χ2n) is 4.70. The largest absolute Gasteiger partial charge is 0.360 e. The Bertz CT molecular complexity index is 732. The van der Waals surface area contributed by atoms with Gasteiger partial charge in [0.25, 0.3) is 0 Å². The van der Waals surface area contributed by atoms with E-state index < -0.39 is 0 Å². The summed E-state index contributed by atoms with van der Waals surface area (Å²) < 4.78 is 1.11. The predicted octanol–water partition coefficient (Wildman–Crippen LogP) is 4.19. The van der Waals surface area contributed by atoms with E-state index in [0.717, 1.165) is 27.5 Å². The maximum atomic E-state index is 4.48. The third-order valence-corrected chi connectivity index (χ3v) is 5.59. The highest BCUT2D eigenvalue weighted by Gasteiger charge is 2.14. The minimum Gasteiger partial charge on any atom is -0.360 e. The van der Waals surface area contributed by atoms with Crippen LogP contribution < -0.4 is 5.32 Å². The third kappa shape index (κ3) is 2.41. The fraction of sp³-hybridized carbons (Fsp3) is 0.357. The summed E-state index contributed by atoms with van der Waals surface area (Å²) in [5, 5.41) is 6.68. The first-order chi connectivity index (χ1) is 9.69. The van der Waals surface area contributed by atoms with Crippen molar-refractivity contribution in [1.82, 2.24) is 15.0 Å². The monoisotopic (exact) mass is 304 g/mol. The summed E-state index contributed by atoms with van der Waals surface area (Å²) in [7, 11) is 0. The minimum atomic E-state index is 0.154. The molecule has 0 aliphatic heterocycles. The van der Waals surface area contributed by atoms with E-state index in [2.05, 4.69) is 46.4 Å². The lowest BCUT2D eigenvalue weighted by Crippen LogP contribution is -2.07. The van der Waals surface area contributed by atoms with Crippen molar-refractivity contribution in [2.75, 3.05) is 5.32 Å². The van der Waals surface area contributed by atoms with Gasteiger partial charge in [-0.25, -0.2) is 15.0 Å². The van der Waals surface area contributed by atoms with Gasteiger partial charge in [-0.15, -0.1) is 22.7 Å². The summed E-state index contributed by atoms with van der Waals surface area (Å²) in [5.74, 6) is 0.897. The molecule has 0 aliphatic carbocycles. The van der Waals surface area contributed by atoms with Gasteiger partial charge in [0.05, 0.1) is 16.3 Å². The third-order valence-electron chi connectivity index (χ3n) is 3.17. The normalized spacial score (nSPS) is 12.8. The van der Waals surface area contributed by atoms with Crippen molar-refractivity contribution >= 4 is 38.7 Å². The number of aryl methyl sites for hydroxylation is 2. The van der Waals surface area contributed by atoms with Gasteiger partial charge in [0.15, 0.2) is 0 Å². The molecule has 0 amide bonds. The first-order valence-corrected chi connectivity index (χ1v) is 8.28. The number of thiazole rings is 1. The Hall–Kier alpha value is -1.53. The van der Waals surface area contributed by atoms with E-state index in [1.54, 1.807) is 29.0 Å². The Morgan fingerprint density at radius 1 is 1.30 bits per heavy atom. The van der Waals surface area contributed by atoms with Crippen LogP contribution in [0.5, 0.6) is 0 Å². The summed E-state index contributed by atoms with van der Waals surface area (Å²) in [6, 6.07) is 0.154. The molecule has 1 N–H and O–H groups in total. The maximum absolute atomic E-state index is 4.48. The summed E-state index contributed by atoms with van der Waals surface area (Å²) >= 11 is 3.44. The number of anilines is 1. The van der Waals surface area contributed by atoms with E-state index >= 15 is 0 Å². The second-order valence-corrected chi connectivity index (χ2v) is 6.73. The van der Waals surface area contributed by atoms with Crippen LogP contribution in [0.15, 0.2) is 17.9 Å². The molecule has 0 aromatic carbocycles. The number of hydrogen-bond donors (Lipinski definition) is 1. The molecule has 0 aliphatic rings. The van der Waals surface area contributed by atoms with E-state index in [4.69, 9.17) is 0 Å². The van der Waals surface area contributed by atoms with Crippen molar-refractivity contribution in [3.63, 3.8) is 0 Å². The number of thiophene rings is 1. The first kappa shape index (κ1) is 13.5. The fourth-order valence-corrected chi connectivity index (χ4v) is 3.84. The Balaban J connectivity index is 1.89. The molecule has 0 saturated carbocycles. The molecule has 1 atom stereocenters. The number of hydrogen-bond acceptors (Lipinski definition) is 6. The molecular formula is C14H16N4S2. The predicted molar refractivity (Wildman–Crippen MR) is 85.7 cm³/mol. The summed E-state index contributed by atoms with van der Waals surface area (Å²) in [6.07, 6.45) is 4.62. The topological polar surface area (TPSA) is 50.7 Å². The summed E-state index contributed by atoms with van der Waals surface area (Å²) in [6.45, 7) is 6.35. The Morgan fingerprint density at radius 3 is 2.90 bits per heavy atom. The van der Waals surface area contributed by atoms with Crippen LogP contribution in [-0.4, -0.2) is 15.0 Å². The van der Waals surface area contributed by atoms with Gasteiger partial charge in [0.2, 0.25) is 0 Å². The SMILES string of the molecule is CCc1cnc(C(C)Nc2ncnc3c(C)csc23)s1. The smallest absolute Gasteiger partial charge is 0.147 e. The van der Waals surface area contributed by atoms with Gasteiger partial charge in [0.1, 0.15) is 17.2 Å². The molecule has 6 heteroatoms. The van der Waals surface area contributed by atoms with Gasteiger partial charge in [-0.05, 0) is 31.2 Å². The van der Waals surface area contributed by atoms with Crippen molar-refractivity contribution in [3.8, 4) is 0 Å². The van der Waals surface area contributed by atoms with Gasteiger partial charge < -0.3 is 5.32 Å². The van der Waals surface area contributed by atoms with Gasteiger partial charge >= 0.3 is 0 Å². The van der Waals surface area contributed by atoms with Crippen LogP contribution in [0.2, 0.25) is 0 Å². The van der Waals surface area contributed by atoms with E-state index in [-0.39, 0.29) is 6.04 Å². The number of aromatic nitrogens is 3. The average Bonchev–Trinajstić information content (AvgIpc) is 3.07. The molecule has 20 heavy (non-hydrogen) atoms. The van der Waals surface area contributed by atoms with Crippen molar-refractivity contribution < 1.29 is 0 Å². The highest BCUT2D eigenvalue weighted by Crippen LogP contribution is 2.31. The Kier molecular flexibility index (Phi) is 3.67. The van der Waals surface area contributed by atoms with Gasteiger partial charge in [-0.1, -0.05) is 6.92 Å². The number of nitrogens with one attached hydrogen (secondary N) is 1. The van der Waals surface area contributed by atoms with Crippen LogP contribution in [0.25, 0.3) is 10.2 Å². The molecule has 3 rings (SSSR count). The van der Waals surface area contributed by atoms with Crippen LogP contribution in [0.3, 0.4) is 0 Å². The fourth-order valence-electron chi connectivity index (χ4n) is 2.03. The lowest BCUT2D eigenvalue weighted by molar-refractivity contribution is 0.862. The second kappa shape index (κ2) is 5.46. The van der Waals surface area contributed by atoms with E-state index in [0.29, 0.717) is 0 Å². The van der Waals surface area contributed by atoms with Crippen LogP contribution in [0.1, 0.15) is 35.3 Å².